The smallest absolute Gasteiger partial charge is 0.237 e. The Bertz CT molecular complexity index is 667. The molecule has 1 fully saturated rings. The minimum atomic E-state index is -0.965. The lowest BCUT2D eigenvalue weighted by molar-refractivity contribution is -0.123. The van der Waals surface area contributed by atoms with Crippen LogP contribution in [-0.2, 0) is 11.3 Å². The number of nitrogens with zero attached hydrogens (tertiary/aromatic N) is 3. The van der Waals surface area contributed by atoms with Crippen LogP contribution in [0, 0.1) is 0 Å². The average Bonchev–Trinajstić information content (AvgIpc) is 3.16. The molecule has 2 N–H and O–H groups in total. The predicted octanol–water partition coefficient (Wildman–Crippen LogP) is 1.66. The molecule has 124 valence electrons. The van der Waals surface area contributed by atoms with Gasteiger partial charge in [0, 0.05) is 24.5 Å². The van der Waals surface area contributed by atoms with Crippen molar-refractivity contribution in [1.29, 1.82) is 0 Å². The van der Waals surface area contributed by atoms with E-state index in [9.17, 15) is 9.18 Å². The molecule has 0 spiro atoms. The minimum absolute atomic E-state index is 0. The van der Waals surface area contributed by atoms with Crippen molar-refractivity contribution in [3.8, 4) is 5.69 Å². The number of alkyl halides is 1. The average molecular weight is 360 g/mol. The van der Waals surface area contributed by atoms with E-state index in [-0.39, 0.29) is 37.8 Å². The summed E-state index contributed by atoms with van der Waals surface area (Å²) in [6.45, 7) is 0.503. The monoisotopic (exact) mass is 359 g/mol. The number of halogens is 3. The number of hydrogen-bond donors (Lipinski definition) is 2. The van der Waals surface area contributed by atoms with Crippen LogP contribution in [-0.4, -0.2) is 39.4 Å². The Morgan fingerprint density at radius 3 is 3.00 bits per heavy atom. The van der Waals surface area contributed by atoms with E-state index in [1.807, 2.05) is 6.07 Å². The lowest BCUT2D eigenvalue weighted by Gasteiger charge is -2.13. The quantitative estimate of drug-likeness (QED) is 0.870. The highest BCUT2D eigenvalue weighted by atomic mass is 35.5. The molecule has 1 aliphatic heterocycles. The molecule has 1 aliphatic rings. The van der Waals surface area contributed by atoms with Crippen molar-refractivity contribution in [1.82, 2.24) is 25.4 Å². The lowest BCUT2D eigenvalue weighted by Crippen LogP contribution is -2.40. The normalized spacial score (nSPS) is 20.1. The second-order valence-electron chi connectivity index (χ2n) is 5.12. The summed E-state index contributed by atoms with van der Waals surface area (Å²) in [7, 11) is 0. The standard InChI is InChI=1S/C14H15ClFN5O.ClH/c15-10-1-2-13(21-8-17-7-20-21)9(3-10)5-19-14(22)12-4-11(16)6-18-12;/h1-3,7-8,11-12,18H,4-6H2,(H,19,22);1H. The molecule has 9 heteroatoms. The third kappa shape index (κ3) is 4.19. The van der Waals surface area contributed by atoms with Crippen LogP contribution in [0.25, 0.3) is 5.69 Å². The molecule has 2 heterocycles. The molecule has 1 saturated heterocycles. The Balaban J connectivity index is 0.00000192. The first-order valence-corrected chi connectivity index (χ1v) is 7.30. The molecular formula is C14H16Cl2FN5O. The van der Waals surface area contributed by atoms with Crippen LogP contribution in [0.1, 0.15) is 12.0 Å². The zero-order chi connectivity index (χ0) is 15.5. The fourth-order valence-electron chi connectivity index (χ4n) is 2.45. The first-order valence-electron chi connectivity index (χ1n) is 6.92. The molecule has 0 radical (unpaired) electrons. The van der Waals surface area contributed by atoms with Gasteiger partial charge in [0.15, 0.2) is 0 Å². The van der Waals surface area contributed by atoms with Gasteiger partial charge in [0.25, 0.3) is 0 Å². The molecule has 1 aromatic heterocycles. The number of benzene rings is 1. The second kappa shape index (κ2) is 7.72. The Labute approximate surface area is 143 Å². The van der Waals surface area contributed by atoms with E-state index in [1.165, 1.54) is 6.33 Å². The van der Waals surface area contributed by atoms with Gasteiger partial charge in [0.1, 0.15) is 18.8 Å². The Morgan fingerprint density at radius 1 is 1.52 bits per heavy atom. The molecule has 23 heavy (non-hydrogen) atoms. The van der Waals surface area contributed by atoms with Gasteiger partial charge in [-0.15, -0.1) is 12.4 Å². The fourth-order valence-corrected chi connectivity index (χ4v) is 2.64. The second-order valence-corrected chi connectivity index (χ2v) is 5.56. The van der Waals surface area contributed by atoms with Crippen LogP contribution >= 0.6 is 24.0 Å². The molecule has 2 unspecified atom stereocenters. The molecule has 3 rings (SSSR count). The molecule has 2 atom stereocenters. The van der Waals surface area contributed by atoms with E-state index >= 15 is 0 Å². The van der Waals surface area contributed by atoms with Crippen molar-refractivity contribution in [3.63, 3.8) is 0 Å². The largest absolute Gasteiger partial charge is 0.351 e. The number of aromatic nitrogens is 3. The van der Waals surface area contributed by atoms with Crippen molar-refractivity contribution in [2.24, 2.45) is 0 Å². The summed E-state index contributed by atoms with van der Waals surface area (Å²) in [6.07, 6.45) is 2.24. The Morgan fingerprint density at radius 2 is 2.35 bits per heavy atom. The van der Waals surface area contributed by atoms with E-state index in [1.54, 1.807) is 23.1 Å². The maximum atomic E-state index is 13.1. The summed E-state index contributed by atoms with van der Waals surface area (Å²) in [5.74, 6) is -0.218. The van der Waals surface area contributed by atoms with Gasteiger partial charge in [-0.05, 0) is 23.8 Å². The molecule has 1 aromatic carbocycles. The van der Waals surface area contributed by atoms with Gasteiger partial charge in [-0.25, -0.2) is 14.1 Å². The highest BCUT2D eigenvalue weighted by molar-refractivity contribution is 6.30. The van der Waals surface area contributed by atoms with Gasteiger partial charge in [0.2, 0.25) is 5.91 Å². The van der Waals surface area contributed by atoms with E-state index in [0.29, 0.717) is 5.02 Å². The number of carbonyl (C=O) groups is 1. The molecule has 2 aromatic rings. The molecule has 0 aliphatic carbocycles. The van der Waals surface area contributed by atoms with Crippen LogP contribution in [0.4, 0.5) is 4.39 Å². The highest BCUT2D eigenvalue weighted by Gasteiger charge is 2.29. The topological polar surface area (TPSA) is 71.8 Å². The highest BCUT2D eigenvalue weighted by Crippen LogP contribution is 2.19. The lowest BCUT2D eigenvalue weighted by atomic mass is 10.1. The molecular weight excluding hydrogens is 344 g/mol. The van der Waals surface area contributed by atoms with Gasteiger partial charge >= 0.3 is 0 Å². The van der Waals surface area contributed by atoms with Gasteiger partial charge in [0.05, 0.1) is 11.7 Å². The van der Waals surface area contributed by atoms with Crippen LogP contribution in [0.15, 0.2) is 30.9 Å². The summed E-state index contributed by atoms with van der Waals surface area (Å²) in [5.41, 5.74) is 1.59. The number of nitrogens with one attached hydrogen (secondary N) is 2. The van der Waals surface area contributed by atoms with Crippen LogP contribution in [0.2, 0.25) is 5.02 Å². The zero-order valence-corrected chi connectivity index (χ0v) is 13.6. The summed E-state index contributed by atoms with van der Waals surface area (Å²) < 4.78 is 14.7. The van der Waals surface area contributed by atoms with Crippen molar-refractivity contribution in [2.75, 3.05) is 6.54 Å². The number of amides is 1. The summed E-state index contributed by atoms with van der Waals surface area (Å²) in [4.78, 5) is 15.9. The van der Waals surface area contributed by atoms with Crippen LogP contribution in [0.3, 0.4) is 0 Å². The van der Waals surface area contributed by atoms with Crippen molar-refractivity contribution in [3.05, 3.63) is 41.4 Å². The number of rotatable bonds is 4. The Kier molecular flexibility index (Phi) is 5.92. The van der Waals surface area contributed by atoms with Crippen molar-refractivity contribution >= 4 is 29.9 Å². The first-order chi connectivity index (χ1) is 10.6. The molecule has 0 bridgehead atoms. The maximum Gasteiger partial charge on any atom is 0.237 e. The maximum absolute atomic E-state index is 13.1. The SMILES string of the molecule is Cl.O=C(NCc1cc(Cl)ccc1-n1cncn1)C1CC(F)CN1. The summed E-state index contributed by atoms with van der Waals surface area (Å²) >= 11 is 6.02. The molecule has 0 saturated carbocycles. The van der Waals surface area contributed by atoms with Gasteiger partial charge < -0.3 is 10.6 Å². The van der Waals surface area contributed by atoms with Crippen molar-refractivity contribution in [2.45, 2.75) is 25.2 Å². The Hall–Kier alpha value is -1.70. The van der Waals surface area contributed by atoms with Crippen LogP contribution in [0.5, 0.6) is 0 Å². The van der Waals surface area contributed by atoms with E-state index in [4.69, 9.17) is 11.6 Å². The molecule has 1 amide bonds. The van der Waals surface area contributed by atoms with Gasteiger partial charge in [-0.1, -0.05) is 11.6 Å². The third-order valence-corrected chi connectivity index (χ3v) is 3.79. The van der Waals surface area contributed by atoms with E-state index in [2.05, 4.69) is 20.7 Å². The zero-order valence-electron chi connectivity index (χ0n) is 12.1. The van der Waals surface area contributed by atoms with E-state index < -0.39 is 12.2 Å². The molecule has 6 nitrogen and oxygen atoms in total. The van der Waals surface area contributed by atoms with Gasteiger partial charge in [-0.2, -0.15) is 5.10 Å². The first kappa shape index (κ1) is 17.7. The predicted molar refractivity (Wildman–Crippen MR) is 86.8 cm³/mol. The minimum Gasteiger partial charge on any atom is -0.351 e. The fraction of sp³-hybridized carbons (Fsp3) is 0.357. The third-order valence-electron chi connectivity index (χ3n) is 3.55. The number of carbonyl (C=O) groups excluding carboxylic acids is 1. The van der Waals surface area contributed by atoms with Crippen LogP contribution < -0.4 is 10.6 Å². The summed E-state index contributed by atoms with van der Waals surface area (Å²) in [6, 6.07) is 4.84. The number of hydrogen-bond acceptors (Lipinski definition) is 4. The summed E-state index contributed by atoms with van der Waals surface area (Å²) in [5, 5.41) is 10.3. The van der Waals surface area contributed by atoms with Crippen molar-refractivity contribution < 1.29 is 9.18 Å². The van der Waals surface area contributed by atoms with E-state index in [0.717, 1.165) is 11.3 Å². The van der Waals surface area contributed by atoms with Gasteiger partial charge in [-0.3, -0.25) is 4.79 Å².